The standard InChI is InChI=1S/C25H25ClF2N12O2/c26-16-2-3-20(42-25(27)28)17(12-16)22-19(32-24(41)18-13-31-39-7-1-4-30-23(18)39)14-38(35-22)15-21-33-36-40(34-21)11-10-37-8-5-29-6-9-37/h1-4,7,12-14,25,29H,5-6,8-11,15H2,(H,32,41). The molecule has 0 saturated carbocycles. The maximum Gasteiger partial charge on any atom is 0.387 e. The van der Waals surface area contributed by atoms with Gasteiger partial charge in [0.05, 0.1) is 18.4 Å². The van der Waals surface area contributed by atoms with Gasteiger partial charge in [-0.3, -0.25) is 14.4 Å². The third kappa shape index (κ3) is 6.19. The van der Waals surface area contributed by atoms with Crippen LogP contribution in [0.4, 0.5) is 14.5 Å². The first-order chi connectivity index (χ1) is 20.4. The summed E-state index contributed by atoms with van der Waals surface area (Å²) < 4.78 is 34.1. The third-order valence-electron chi connectivity index (χ3n) is 6.57. The summed E-state index contributed by atoms with van der Waals surface area (Å²) in [4.78, 5) is 21.4. The number of tetrazole rings is 1. The maximum absolute atomic E-state index is 13.3. The molecular formula is C25H25ClF2N12O2. The third-order valence-corrected chi connectivity index (χ3v) is 6.81. The lowest BCUT2D eigenvalue weighted by Crippen LogP contribution is -2.44. The molecule has 4 aromatic heterocycles. The molecule has 218 valence electrons. The van der Waals surface area contributed by atoms with E-state index in [1.807, 2.05) is 0 Å². The minimum atomic E-state index is -3.09. The minimum Gasteiger partial charge on any atom is -0.434 e. The van der Waals surface area contributed by atoms with Crippen molar-refractivity contribution in [2.75, 3.05) is 38.0 Å². The molecule has 14 nitrogen and oxygen atoms in total. The molecule has 17 heteroatoms. The van der Waals surface area contributed by atoms with Crippen molar-refractivity contribution in [3.63, 3.8) is 0 Å². The molecule has 0 unspecified atom stereocenters. The Morgan fingerprint density at radius 2 is 2.05 bits per heavy atom. The second kappa shape index (κ2) is 12.1. The molecule has 1 aromatic carbocycles. The fourth-order valence-corrected chi connectivity index (χ4v) is 4.77. The van der Waals surface area contributed by atoms with Crippen LogP contribution in [-0.2, 0) is 13.1 Å². The topological polar surface area (TPSA) is 145 Å². The largest absolute Gasteiger partial charge is 0.434 e. The van der Waals surface area contributed by atoms with Crippen LogP contribution < -0.4 is 15.4 Å². The van der Waals surface area contributed by atoms with Gasteiger partial charge in [-0.2, -0.15) is 23.8 Å². The summed E-state index contributed by atoms with van der Waals surface area (Å²) in [7, 11) is 0. The summed E-state index contributed by atoms with van der Waals surface area (Å²) in [5.74, 6) is -0.311. The average Bonchev–Trinajstić information content (AvgIpc) is 3.72. The lowest BCUT2D eigenvalue weighted by molar-refractivity contribution is -0.0494. The number of aromatic nitrogens is 9. The molecule has 1 saturated heterocycles. The van der Waals surface area contributed by atoms with Gasteiger partial charge in [-0.25, -0.2) is 9.50 Å². The van der Waals surface area contributed by atoms with Crippen molar-refractivity contribution in [1.82, 2.24) is 54.8 Å². The molecule has 1 fully saturated rings. The average molecular weight is 599 g/mol. The molecule has 0 aliphatic carbocycles. The van der Waals surface area contributed by atoms with Crippen LogP contribution in [0.3, 0.4) is 0 Å². The van der Waals surface area contributed by atoms with Gasteiger partial charge < -0.3 is 15.4 Å². The van der Waals surface area contributed by atoms with Crippen molar-refractivity contribution < 1.29 is 18.3 Å². The molecule has 5 heterocycles. The van der Waals surface area contributed by atoms with Crippen molar-refractivity contribution in [2.24, 2.45) is 0 Å². The second-order valence-electron chi connectivity index (χ2n) is 9.40. The van der Waals surface area contributed by atoms with Crippen molar-refractivity contribution in [2.45, 2.75) is 19.7 Å². The summed E-state index contributed by atoms with van der Waals surface area (Å²) in [5, 5.41) is 27.8. The summed E-state index contributed by atoms with van der Waals surface area (Å²) in [5.41, 5.74) is 1.07. The van der Waals surface area contributed by atoms with Gasteiger partial charge in [-0.15, -0.1) is 10.2 Å². The first-order valence-electron chi connectivity index (χ1n) is 13.0. The molecule has 6 rings (SSSR count). The zero-order chi connectivity index (χ0) is 29.1. The fourth-order valence-electron chi connectivity index (χ4n) is 4.60. The van der Waals surface area contributed by atoms with Crippen LogP contribution >= 0.6 is 11.6 Å². The predicted octanol–water partition coefficient (Wildman–Crippen LogP) is 2.04. The Bertz CT molecular complexity index is 1700. The van der Waals surface area contributed by atoms with E-state index >= 15 is 0 Å². The Kier molecular flexibility index (Phi) is 7.98. The van der Waals surface area contributed by atoms with Gasteiger partial charge >= 0.3 is 6.61 Å². The van der Waals surface area contributed by atoms with E-state index < -0.39 is 12.5 Å². The highest BCUT2D eigenvalue weighted by molar-refractivity contribution is 6.31. The number of hydrogen-bond donors (Lipinski definition) is 2. The van der Waals surface area contributed by atoms with Gasteiger partial charge in [0.25, 0.3) is 5.91 Å². The molecule has 5 aromatic rings. The molecule has 2 N–H and O–H groups in total. The van der Waals surface area contributed by atoms with E-state index in [-0.39, 0.29) is 39.8 Å². The number of anilines is 1. The first kappa shape index (κ1) is 27.6. The molecule has 0 bridgehead atoms. The Balaban J connectivity index is 1.28. The van der Waals surface area contributed by atoms with E-state index in [4.69, 9.17) is 16.3 Å². The number of carbonyl (C=O) groups is 1. The van der Waals surface area contributed by atoms with Gasteiger partial charge in [0.15, 0.2) is 11.5 Å². The van der Waals surface area contributed by atoms with E-state index in [1.54, 1.807) is 24.7 Å². The number of rotatable bonds is 10. The number of nitrogens with zero attached hydrogens (tertiary/aromatic N) is 10. The summed E-state index contributed by atoms with van der Waals surface area (Å²) >= 11 is 6.21. The smallest absolute Gasteiger partial charge is 0.387 e. The normalized spacial score (nSPS) is 14.1. The zero-order valence-electron chi connectivity index (χ0n) is 22.1. The fraction of sp³-hybridized carbons (Fsp3) is 0.320. The van der Waals surface area contributed by atoms with Crippen molar-refractivity contribution in [1.29, 1.82) is 0 Å². The van der Waals surface area contributed by atoms with E-state index in [0.29, 0.717) is 18.0 Å². The number of hydrogen-bond acceptors (Lipinski definition) is 10. The molecular weight excluding hydrogens is 574 g/mol. The monoisotopic (exact) mass is 598 g/mol. The minimum absolute atomic E-state index is 0.0976. The Labute approximate surface area is 242 Å². The molecule has 0 spiro atoms. The van der Waals surface area contributed by atoms with Crippen LogP contribution in [0.15, 0.2) is 49.1 Å². The van der Waals surface area contributed by atoms with E-state index in [1.165, 1.54) is 38.4 Å². The Morgan fingerprint density at radius 1 is 1.19 bits per heavy atom. The van der Waals surface area contributed by atoms with Crippen LogP contribution in [0.2, 0.25) is 5.02 Å². The molecule has 0 atom stereocenters. The van der Waals surface area contributed by atoms with Crippen LogP contribution in [0.1, 0.15) is 16.2 Å². The van der Waals surface area contributed by atoms with E-state index in [9.17, 15) is 13.6 Å². The SMILES string of the molecule is O=C(Nc1cn(Cc2nnn(CCN3CCNCC3)n2)nc1-c1cc(Cl)ccc1OC(F)F)c1cnn2cccnc12. The Morgan fingerprint density at radius 3 is 2.88 bits per heavy atom. The van der Waals surface area contributed by atoms with Crippen LogP contribution in [-0.4, -0.2) is 94.7 Å². The zero-order valence-corrected chi connectivity index (χ0v) is 22.8. The molecule has 1 aliphatic rings. The summed E-state index contributed by atoms with van der Waals surface area (Å²) in [6, 6.07) is 5.85. The van der Waals surface area contributed by atoms with Crippen LogP contribution in [0.25, 0.3) is 16.9 Å². The second-order valence-corrected chi connectivity index (χ2v) is 9.84. The lowest BCUT2D eigenvalue weighted by Gasteiger charge is -2.26. The van der Waals surface area contributed by atoms with Gasteiger partial charge in [0.1, 0.15) is 23.6 Å². The van der Waals surface area contributed by atoms with Gasteiger partial charge in [0, 0.05) is 61.9 Å². The number of piperazine rings is 1. The Hall–Kier alpha value is -4.54. The molecule has 42 heavy (non-hydrogen) atoms. The van der Waals surface area contributed by atoms with Gasteiger partial charge in [0.2, 0.25) is 0 Å². The number of benzene rings is 1. The van der Waals surface area contributed by atoms with Gasteiger partial charge in [-0.1, -0.05) is 11.6 Å². The molecule has 0 radical (unpaired) electrons. The van der Waals surface area contributed by atoms with E-state index in [2.05, 4.69) is 46.1 Å². The van der Waals surface area contributed by atoms with Crippen LogP contribution in [0.5, 0.6) is 5.75 Å². The van der Waals surface area contributed by atoms with Gasteiger partial charge in [-0.05, 0) is 29.5 Å². The number of nitrogens with one attached hydrogen (secondary N) is 2. The maximum atomic E-state index is 13.3. The quantitative estimate of drug-likeness (QED) is 0.245. The lowest BCUT2D eigenvalue weighted by atomic mass is 10.1. The highest BCUT2D eigenvalue weighted by atomic mass is 35.5. The number of fused-ring (bicyclic) bond motifs is 1. The number of ether oxygens (including phenoxy) is 1. The number of carbonyl (C=O) groups excluding carboxylic acids is 1. The first-order valence-corrected chi connectivity index (χ1v) is 13.4. The van der Waals surface area contributed by atoms with E-state index in [0.717, 1.165) is 32.7 Å². The number of alkyl halides is 2. The van der Waals surface area contributed by atoms with Crippen LogP contribution in [0, 0.1) is 0 Å². The number of amides is 1. The summed E-state index contributed by atoms with van der Waals surface area (Å²) in [6.45, 7) is 2.18. The summed E-state index contributed by atoms with van der Waals surface area (Å²) in [6.07, 6.45) is 6.13. The number of halogens is 3. The van der Waals surface area contributed by atoms with Crippen molar-refractivity contribution in [3.05, 3.63) is 65.5 Å². The predicted molar refractivity (Wildman–Crippen MR) is 146 cm³/mol. The van der Waals surface area contributed by atoms with Crippen molar-refractivity contribution in [3.8, 4) is 17.0 Å². The molecule has 1 aliphatic heterocycles. The van der Waals surface area contributed by atoms with Crippen molar-refractivity contribution >= 4 is 28.8 Å². The highest BCUT2D eigenvalue weighted by Crippen LogP contribution is 2.37. The molecule has 1 amide bonds. The highest BCUT2D eigenvalue weighted by Gasteiger charge is 2.23.